The van der Waals surface area contributed by atoms with Crippen LogP contribution in [0.1, 0.15) is 50.7 Å². The van der Waals surface area contributed by atoms with Gasteiger partial charge in [0.05, 0.1) is 6.54 Å². The van der Waals surface area contributed by atoms with Crippen LogP contribution in [0.2, 0.25) is 0 Å². The molecule has 3 rings (SSSR count). The van der Waals surface area contributed by atoms with E-state index >= 15 is 0 Å². The van der Waals surface area contributed by atoms with Gasteiger partial charge >= 0.3 is 6.09 Å². The molecule has 2 aliphatic heterocycles. The van der Waals surface area contributed by atoms with Gasteiger partial charge in [0.25, 0.3) is 0 Å². The third kappa shape index (κ3) is 4.08. The quantitative estimate of drug-likeness (QED) is 0.907. The van der Waals surface area contributed by atoms with Crippen molar-refractivity contribution in [1.82, 2.24) is 10.2 Å². The van der Waals surface area contributed by atoms with Gasteiger partial charge in [0.1, 0.15) is 11.4 Å². The summed E-state index contributed by atoms with van der Waals surface area (Å²) in [7, 11) is 0. The van der Waals surface area contributed by atoms with Gasteiger partial charge in [-0.1, -0.05) is 24.3 Å². The normalized spacial score (nSPS) is 21.2. The lowest BCUT2D eigenvalue weighted by atomic mass is 9.90. The molecule has 0 aromatic heterocycles. The Labute approximate surface area is 144 Å². The molecule has 2 aliphatic rings. The molecular weight excluding hydrogens is 302 g/mol. The second kappa shape index (κ2) is 6.83. The topological polar surface area (TPSA) is 53.9 Å². The molecule has 1 N–H and O–H groups in total. The zero-order valence-electron chi connectivity index (χ0n) is 14.8. The molecule has 1 aromatic rings. The second-order valence-corrected chi connectivity index (χ2v) is 7.54. The highest BCUT2D eigenvalue weighted by molar-refractivity contribution is 5.99. The van der Waals surface area contributed by atoms with E-state index in [4.69, 9.17) is 4.74 Å². The summed E-state index contributed by atoms with van der Waals surface area (Å²) in [5.41, 5.74) is 1.97. The zero-order valence-corrected chi connectivity index (χ0v) is 14.8. The van der Waals surface area contributed by atoms with Crippen molar-refractivity contribution in [1.29, 1.82) is 0 Å². The number of hydrogen-bond acceptors (Lipinski definition) is 4. The van der Waals surface area contributed by atoms with Crippen molar-refractivity contribution in [3.63, 3.8) is 0 Å². The summed E-state index contributed by atoms with van der Waals surface area (Å²) >= 11 is 0. The van der Waals surface area contributed by atoms with E-state index in [-0.39, 0.29) is 6.09 Å². The number of benzene rings is 1. The van der Waals surface area contributed by atoms with E-state index in [0.29, 0.717) is 5.92 Å². The first-order valence-corrected chi connectivity index (χ1v) is 8.79. The SMILES string of the molecule is CC(C)(C)OC(=O)N1CCC[C@@H](c2ccc(C3=NCCN3)cc2)C1. The van der Waals surface area contributed by atoms with Crippen LogP contribution in [0, 0.1) is 0 Å². The molecule has 1 saturated heterocycles. The smallest absolute Gasteiger partial charge is 0.410 e. The van der Waals surface area contributed by atoms with Crippen LogP contribution in [-0.4, -0.2) is 48.6 Å². The molecule has 1 atom stereocenters. The summed E-state index contributed by atoms with van der Waals surface area (Å²) in [5, 5.41) is 3.30. The number of amides is 1. The van der Waals surface area contributed by atoms with Crippen LogP contribution in [0.5, 0.6) is 0 Å². The Morgan fingerprint density at radius 1 is 1.29 bits per heavy atom. The van der Waals surface area contributed by atoms with E-state index in [1.807, 2.05) is 25.7 Å². The number of nitrogens with one attached hydrogen (secondary N) is 1. The highest BCUT2D eigenvalue weighted by Crippen LogP contribution is 2.28. The van der Waals surface area contributed by atoms with Crippen molar-refractivity contribution in [3.8, 4) is 0 Å². The summed E-state index contributed by atoms with van der Waals surface area (Å²) in [6, 6.07) is 8.58. The number of rotatable bonds is 2. The van der Waals surface area contributed by atoms with E-state index in [1.54, 1.807) is 0 Å². The number of carbonyl (C=O) groups is 1. The lowest BCUT2D eigenvalue weighted by Crippen LogP contribution is -2.42. The maximum atomic E-state index is 12.3. The van der Waals surface area contributed by atoms with E-state index in [1.165, 1.54) is 5.56 Å². The number of piperidine rings is 1. The van der Waals surface area contributed by atoms with Gasteiger partial charge < -0.3 is 15.0 Å². The highest BCUT2D eigenvalue weighted by Gasteiger charge is 2.28. The number of likely N-dealkylation sites (tertiary alicyclic amines) is 1. The summed E-state index contributed by atoms with van der Waals surface area (Å²) in [6.07, 6.45) is 1.92. The number of ether oxygens (including phenoxy) is 1. The number of nitrogens with zero attached hydrogens (tertiary/aromatic N) is 2. The third-order valence-corrected chi connectivity index (χ3v) is 4.40. The minimum Gasteiger partial charge on any atom is -0.444 e. The van der Waals surface area contributed by atoms with Gasteiger partial charge in [-0.3, -0.25) is 4.99 Å². The van der Waals surface area contributed by atoms with E-state index < -0.39 is 5.60 Å². The minimum atomic E-state index is -0.444. The minimum absolute atomic E-state index is 0.201. The van der Waals surface area contributed by atoms with Crippen LogP contribution in [-0.2, 0) is 4.74 Å². The van der Waals surface area contributed by atoms with Gasteiger partial charge in [-0.2, -0.15) is 0 Å². The number of hydrogen-bond donors (Lipinski definition) is 1. The summed E-state index contributed by atoms with van der Waals surface area (Å²) < 4.78 is 5.51. The van der Waals surface area contributed by atoms with E-state index in [0.717, 1.165) is 50.4 Å². The van der Waals surface area contributed by atoms with Gasteiger partial charge in [-0.25, -0.2) is 4.79 Å². The Hall–Kier alpha value is -2.04. The van der Waals surface area contributed by atoms with Crippen LogP contribution >= 0.6 is 0 Å². The first-order valence-electron chi connectivity index (χ1n) is 8.79. The molecule has 0 unspecified atom stereocenters. The molecule has 0 bridgehead atoms. The fourth-order valence-electron chi connectivity index (χ4n) is 3.25. The van der Waals surface area contributed by atoms with Gasteiger partial charge in [-0.05, 0) is 39.2 Å². The number of aliphatic imine (C=N–C) groups is 1. The number of amidine groups is 1. The van der Waals surface area contributed by atoms with Gasteiger partial charge in [0.2, 0.25) is 0 Å². The molecule has 0 saturated carbocycles. The van der Waals surface area contributed by atoms with Crippen LogP contribution < -0.4 is 5.32 Å². The fourth-order valence-corrected chi connectivity index (χ4v) is 3.25. The Kier molecular flexibility index (Phi) is 4.78. The molecule has 1 fully saturated rings. The van der Waals surface area contributed by atoms with E-state index in [2.05, 4.69) is 34.6 Å². The van der Waals surface area contributed by atoms with Crippen LogP contribution in [0.4, 0.5) is 4.79 Å². The van der Waals surface area contributed by atoms with Gasteiger partial charge in [0.15, 0.2) is 0 Å². The molecule has 0 aliphatic carbocycles. The second-order valence-electron chi connectivity index (χ2n) is 7.54. The monoisotopic (exact) mass is 329 g/mol. The largest absolute Gasteiger partial charge is 0.444 e. The number of carbonyl (C=O) groups excluding carboxylic acids is 1. The van der Waals surface area contributed by atoms with Crippen LogP contribution in [0.25, 0.3) is 0 Å². The average molecular weight is 329 g/mol. The Morgan fingerprint density at radius 3 is 2.67 bits per heavy atom. The van der Waals surface area contributed by atoms with Crippen LogP contribution in [0.3, 0.4) is 0 Å². The Bertz CT molecular complexity index is 616. The van der Waals surface area contributed by atoms with Gasteiger partial charge in [-0.15, -0.1) is 0 Å². The molecule has 2 heterocycles. The van der Waals surface area contributed by atoms with Crippen molar-refractivity contribution >= 4 is 11.9 Å². The molecule has 5 nitrogen and oxygen atoms in total. The molecule has 130 valence electrons. The molecule has 1 aromatic carbocycles. The summed E-state index contributed by atoms with van der Waals surface area (Å²) in [6.45, 7) is 9.01. The highest BCUT2D eigenvalue weighted by atomic mass is 16.6. The average Bonchev–Trinajstić information content (AvgIpc) is 3.08. The predicted molar refractivity (Wildman–Crippen MR) is 95.6 cm³/mol. The van der Waals surface area contributed by atoms with Crippen molar-refractivity contribution in [2.75, 3.05) is 26.2 Å². The van der Waals surface area contributed by atoms with Crippen molar-refractivity contribution in [2.45, 2.75) is 45.1 Å². The van der Waals surface area contributed by atoms with Crippen molar-refractivity contribution in [3.05, 3.63) is 35.4 Å². The maximum Gasteiger partial charge on any atom is 0.410 e. The molecule has 24 heavy (non-hydrogen) atoms. The predicted octanol–water partition coefficient (Wildman–Crippen LogP) is 3.15. The summed E-state index contributed by atoms with van der Waals surface area (Å²) in [4.78, 5) is 18.6. The first-order chi connectivity index (χ1) is 11.4. The Morgan fingerprint density at radius 2 is 2.04 bits per heavy atom. The Balaban J connectivity index is 1.65. The molecule has 0 spiro atoms. The van der Waals surface area contributed by atoms with Crippen molar-refractivity contribution < 1.29 is 9.53 Å². The fraction of sp³-hybridized carbons (Fsp3) is 0.579. The molecule has 1 amide bonds. The van der Waals surface area contributed by atoms with Gasteiger partial charge in [0, 0.05) is 31.1 Å². The molecular formula is C19H27N3O2. The van der Waals surface area contributed by atoms with Crippen molar-refractivity contribution in [2.24, 2.45) is 4.99 Å². The standard InChI is InChI=1S/C19H27N3O2/c1-19(2,3)24-18(23)22-12-4-5-16(13-22)14-6-8-15(9-7-14)17-20-10-11-21-17/h6-9,16H,4-5,10-13H2,1-3H3,(H,20,21)/t16-/m1/s1. The maximum absolute atomic E-state index is 12.3. The summed E-state index contributed by atoms with van der Waals surface area (Å²) in [5.74, 6) is 1.36. The zero-order chi connectivity index (χ0) is 17.2. The first kappa shape index (κ1) is 16.8. The lowest BCUT2D eigenvalue weighted by Gasteiger charge is -2.34. The lowest BCUT2D eigenvalue weighted by molar-refractivity contribution is 0.0198. The third-order valence-electron chi connectivity index (χ3n) is 4.40. The van der Waals surface area contributed by atoms with Crippen LogP contribution in [0.15, 0.2) is 29.3 Å². The molecule has 0 radical (unpaired) electrons. The van der Waals surface area contributed by atoms with E-state index in [9.17, 15) is 4.79 Å². The molecule has 5 heteroatoms.